The number of carbonyl (C=O) groups is 2. The summed E-state index contributed by atoms with van der Waals surface area (Å²) in [5.74, 6) is 0.496. The van der Waals surface area contributed by atoms with E-state index in [1.807, 2.05) is 18.2 Å². The van der Waals surface area contributed by atoms with Crippen molar-refractivity contribution in [1.29, 1.82) is 0 Å². The largest absolute Gasteiger partial charge is 0.497 e. The van der Waals surface area contributed by atoms with Crippen molar-refractivity contribution < 1.29 is 14.3 Å². The Morgan fingerprint density at radius 3 is 2.95 bits per heavy atom. The second-order valence-corrected chi connectivity index (χ2v) is 5.13. The van der Waals surface area contributed by atoms with Crippen molar-refractivity contribution in [3.8, 4) is 5.75 Å². The fourth-order valence-corrected chi connectivity index (χ4v) is 2.44. The van der Waals surface area contributed by atoms with Gasteiger partial charge in [0.2, 0.25) is 5.91 Å². The minimum absolute atomic E-state index is 0.00701. The summed E-state index contributed by atoms with van der Waals surface area (Å²) < 4.78 is 5.11. The Bertz CT molecular complexity index is 740. The number of nitrogens with one attached hydrogen (secondary N) is 2. The molecular weight excluding hydrogens is 280 g/mol. The van der Waals surface area contributed by atoms with Crippen LogP contribution >= 0.6 is 0 Å². The SMILES string of the molecule is COc1cccc(C(=O)NCc2ccc3c(c2)CC(=O)N3)c1. The molecule has 0 bridgehead atoms. The second kappa shape index (κ2) is 5.89. The number of methoxy groups -OCH3 is 1. The Balaban J connectivity index is 1.66. The number of benzene rings is 2. The van der Waals surface area contributed by atoms with Gasteiger partial charge in [0, 0.05) is 17.8 Å². The number of ether oxygens (including phenoxy) is 1. The van der Waals surface area contributed by atoms with Gasteiger partial charge in [-0.05, 0) is 35.4 Å². The maximum absolute atomic E-state index is 12.1. The van der Waals surface area contributed by atoms with Crippen LogP contribution in [0, 0.1) is 0 Å². The molecule has 2 aromatic rings. The molecule has 1 aliphatic rings. The molecule has 5 heteroatoms. The number of amides is 2. The van der Waals surface area contributed by atoms with Crippen LogP contribution in [0.5, 0.6) is 5.75 Å². The van der Waals surface area contributed by atoms with E-state index in [0.717, 1.165) is 16.8 Å². The van der Waals surface area contributed by atoms with Crippen molar-refractivity contribution in [2.75, 3.05) is 12.4 Å². The molecule has 2 amide bonds. The standard InChI is InChI=1S/C17H16N2O3/c1-22-14-4-2-3-12(8-14)17(21)18-10-11-5-6-15-13(7-11)9-16(20)19-15/h2-8H,9-10H2,1H3,(H,18,21)(H,19,20). The van der Waals surface area contributed by atoms with E-state index in [0.29, 0.717) is 24.3 Å². The van der Waals surface area contributed by atoms with Gasteiger partial charge in [0.25, 0.3) is 5.91 Å². The summed E-state index contributed by atoms with van der Waals surface area (Å²) in [6.45, 7) is 0.414. The topological polar surface area (TPSA) is 67.4 Å². The van der Waals surface area contributed by atoms with Gasteiger partial charge in [-0.25, -0.2) is 0 Å². The molecule has 0 aliphatic carbocycles. The lowest BCUT2D eigenvalue weighted by Crippen LogP contribution is -2.22. The monoisotopic (exact) mass is 296 g/mol. The third-order valence-electron chi connectivity index (χ3n) is 3.58. The molecule has 2 N–H and O–H groups in total. The molecule has 5 nitrogen and oxygen atoms in total. The molecule has 112 valence electrons. The first kappa shape index (κ1) is 14.1. The lowest BCUT2D eigenvalue weighted by molar-refractivity contribution is -0.115. The first-order valence-corrected chi connectivity index (χ1v) is 6.99. The number of hydrogen-bond donors (Lipinski definition) is 2. The summed E-state index contributed by atoms with van der Waals surface area (Å²) in [7, 11) is 1.57. The first-order chi connectivity index (χ1) is 10.7. The van der Waals surface area contributed by atoms with Crippen molar-refractivity contribution in [3.63, 3.8) is 0 Å². The summed E-state index contributed by atoms with van der Waals surface area (Å²) in [5, 5.41) is 5.66. The number of fused-ring (bicyclic) bond motifs is 1. The van der Waals surface area contributed by atoms with Gasteiger partial charge in [0.15, 0.2) is 0 Å². The van der Waals surface area contributed by atoms with Gasteiger partial charge in [0.1, 0.15) is 5.75 Å². The minimum Gasteiger partial charge on any atom is -0.497 e. The van der Waals surface area contributed by atoms with Crippen molar-refractivity contribution >= 4 is 17.5 Å². The molecule has 0 radical (unpaired) electrons. The maximum atomic E-state index is 12.1. The maximum Gasteiger partial charge on any atom is 0.251 e. The Labute approximate surface area is 128 Å². The molecule has 0 atom stereocenters. The zero-order valence-corrected chi connectivity index (χ0v) is 12.2. The smallest absolute Gasteiger partial charge is 0.251 e. The highest BCUT2D eigenvalue weighted by Crippen LogP contribution is 2.23. The summed E-state index contributed by atoms with van der Waals surface area (Å²) in [5.41, 5.74) is 3.34. The molecule has 0 fully saturated rings. The summed E-state index contributed by atoms with van der Waals surface area (Å²) >= 11 is 0. The van der Waals surface area contributed by atoms with Crippen molar-refractivity contribution in [2.24, 2.45) is 0 Å². The molecule has 3 rings (SSSR count). The average molecular weight is 296 g/mol. The fraction of sp³-hybridized carbons (Fsp3) is 0.176. The van der Waals surface area contributed by atoms with E-state index < -0.39 is 0 Å². The van der Waals surface area contributed by atoms with Gasteiger partial charge in [-0.3, -0.25) is 9.59 Å². The van der Waals surface area contributed by atoms with Crippen LogP contribution in [0.1, 0.15) is 21.5 Å². The van der Waals surface area contributed by atoms with Crippen LogP contribution in [0.3, 0.4) is 0 Å². The molecule has 0 saturated heterocycles. The zero-order valence-electron chi connectivity index (χ0n) is 12.2. The van der Waals surface area contributed by atoms with E-state index in [1.165, 1.54) is 0 Å². The van der Waals surface area contributed by atoms with Crippen LogP contribution in [0.4, 0.5) is 5.69 Å². The first-order valence-electron chi connectivity index (χ1n) is 6.99. The van der Waals surface area contributed by atoms with Crippen LogP contribution in [0.2, 0.25) is 0 Å². The van der Waals surface area contributed by atoms with Gasteiger partial charge in [-0.1, -0.05) is 18.2 Å². The normalized spacial score (nSPS) is 12.5. The van der Waals surface area contributed by atoms with Crippen LogP contribution in [-0.4, -0.2) is 18.9 Å². The number of carbonyl (C=O) groups excluding carboxylic acids is 2. The average Bonchev–Trinajstić information content (AvgIpc) is 2.91. The number of hydrogen-bond acceptors (Lipinski definition) is 3. The molecule has 0 aromatic heterocycles. The summed E-state index contributed by atoms with van der Waals surface area (Å²) in [6.07, 6.45) is 0.396. The molecule has 2 aromatic carbocycles. The molecule has 22 heavy (non-hydrogen) atoms. The molecule has 1 aliphatic heterocycles. The van der Waals surface area contributed by atoms with Gasteiger partial charge in [-0.15, -0.1) is 0 Å². The van der Waals surface area contributed by atoms with Crippen LogP contribution < -0.4 is 15.4 Å². The third-order valence-corrected chi connectivity index (χ3v) is 3.58. The predicted octanol–water partition coefficient (Wildman–Crippen LogP) is 2.12. The number of anilines is 1. The van der Waals surface area contributed by atoms with Gasteiger partial charge < -0.3 is 15.4 Å². The minimum atomic E-state index is -0.159. The highest BCUT2D eigenvalue weighted by Gasteiger charge is 2.17. The predicted molar refractivity (Wildman–Crippen MR) is 82.9 cm³/mol. The van der Waals surface area contributed by atoms with Crippen LogP contribution in [0.15, 0.2) is 42.5 Å². The Hall–Kier alpha value is -2.82. The van der Waals surface area contributed by atoms with Gasteiger partial charge >= 0.3 is 0 Å². The lowest BCUT2D eigenvalue weighted by atomic mass is 10.1. The van der Waals surface area contributed by atoms with Crippen molar-refractivity contribution in [2.45, 2.75) is 13.0 Å². The van der Waals surface area contributed by atoms with Crippen molar-refractivity contribution in [1.82, 2.24) is 5.32 Å². The molecule has 1 heterocycles. The number of rotatable bonds is 4. The molecule has 0 saturated carbocycles. The fourth-order valence-electron chi connectivity index (χ4n) is 2.44. The highest BCUT2D eigenvalue weighted by atomic mass is 16.5. The Kier molecular flexibility index (Phi) is 3.78. The summed E-state index contributed by atoms with van der Waals surface area (Å²) in [6, 6.07) is 12.7. The lowest BCUT2D eigenvalue weighted by Gasteiger charge is -2.08. The van der Waals surface area contributed by atoms with Gasteiger partial charge in [-0.2, -0.15) is 0 Å². The van der Waals surface area contributed by atoms with E-state index in [1.54, 1.807) is 31.4 Å². The third kappa shape index (κ3) is 2.93. The zero-order chi connectivity index (χ0) is 15.5. The second-order valence-electron chi connectivity index (χ2n) is 5.13. The van der Waals surface area contributed by atoms with E-state index in [-0.39, 0.29) is 11.8 Å². The Morgan fingerprint density at radius 1 is 1.27 bits per heavy atom. The van der Waals surface area contributed by atoms with E-state index in [9.17, 15) is 9.59 Å². The van der Waals surface area contributed by atoms with Crippen molar-refractivity contribution in [3.05, 3.63) is 59.2 Å². The van der Waals surface area contributed by atoms with E-state index in [2.05, 4.69) is 10.6 Å². The molecular formula is C17H16N2O3. The quantitative estimate of drug-likeness (QED) is 0.908. The van der Waals surface area contributed by atoms with Crippen LogP contribution in [-0.2, 0) is 17.8 Å². The molecule has 0 unspecified atom stereocenters. The highest BCUT2D eigenvalue weighted by molar-refractivity contribution is 5.99. The molecule has 0 spiro atoms. The van der Waals surface area contributed by atoms with E-state index >= 15 is 0 Å². The van der Waals surface area contributed by atoms with Gasteiger partial charge in [0.05, 0.1) is 13.5 Å². The Morgan fingerprint density at radius 2 is 2.14 bits per heavy atom. The van der Waals surface area contributed by atoms with Crippen LogP contribution in [0.25, 0.3) is 0 Å². The van der Waals surface area contributed by atoms with E-state index in [4.69, 9.17) is 4.74 Å². The summed E-state index contributed by atoms with van der Waals surface area (Å²) in [4.78, 5) is 23.5.